The van der Waals surface area contributed by atoms with Crippen LogP contribution in [0.4, 0.5) is 0 Å². The van der Waals surface area contributed by atoms with E-state index < -0.39 is 0 Å². The molecule has 0 nitrogen and oxygen atoms in total. The smallest absolute Gasteiger partial charge is 0.0586 e. The van der Waals surface area contributed by atoms with Gasteiger partial charge in [0.05, 0.1) is 9.24 Å². The summed E-state index contributed by atoms with van der Waals surface area (Å²) in [6.45, 7) is 2.29. The van der Waals surface area contributed by atoms with E-state index in [1.165, 1.54) is 89.9 Å². The summed E-state index contributed by atoms with van der Waals surface area (Å²) in [4.78, 5) is 0. The molecule has 0 amide bonds. The number of hydrogen-bond acceptors (Lipinski definition) is 0. The Morgan fingerprint density at radius 2 is 0.947 bits per heavy atom. The highest BCUT2D eigenvalue weighted by atomic mass is 31.0. The topological polar surface area (TPSA) is 0 Å². The lowest BCUT2D eigenvalue weighted by Gasteiger charge is -2.02. The molecule has 0 aromatic rings. The minimum absolute atomic E-state index is 1.03. The van der Waals surface area contributed by atoms with Crippen molar-refractivity contribution in [1.82, 2.24) is 0 Å². The van der Waals surface area contributed by atoms with E-state index >= 15 is 0 Å². The molecule has 0 aromatic carbocycles. The minimum atomic E-state index is 1.03. The highest BCUT2D eigenvalue weighted by Crippen LogP contribution is 2.13. The molecule has 0 unspecified atom stereocenters. The second-order valence-electron chi connectivity index (χ2n) is 5.63. The van der Waals surface area contributed by atoms with Crippen LogP contribution in [0.1, 0.15) is 103 Å². The zero-order chi connectivity index (χ0) is 14.0. The molecule has 0 fully saturated rings. The highest BCUT2D eigenvalue weighted by molar-refractivity contribution is 7.23. The zero-order valence-corrected chi connectivity index (χ0v) is 13.9. The van der Waals surface area contributed by atoms with Gasteiger partial charge >= 0.3 is 0 Å². The van der Waals surface area contributed by atoms with Crippen LogP contribution in [0.15, 0.2) is 0 Å². The first-order chi connectivity index (χ1) is 9.41. The van der Waals surface area contributed by atoms with Crippen LogP contribution in [0.2, 0.25) is 0 Å². The first-order valence-corrected chi connectivity index (χ1v) is 8.98. The third-order valence-electron chi connectivity index (χ3n) is 3.73. The average Bonchev–Trinajstić information content (AvgIpc) is 2.43. The molecule has 2 radical (unpaired) electrons. The Kier molecular flexibility index (Phi) is 18.0. The number of hydrogen-bond donors (Lipinski definition) is 0. The molecule has 110 valence electrons. The second-order valence-corrected chi connectivity index (χ2v) is 5.86. The normalized spacial score (nSPS) is 10.2. The molecule has 0 rings (SSSR count). The molecule has 0 saturated heterocycles. The Bertz CT molecular complexity index is 211. The fourth-order valence-corrected chi connectivity index (χ4v) is 2.58. The van der Waals surface area contributed by atoms with E-state index in [0.29, 0.717) is 0 Å². The summed E-state index contributed by atoms with van der Waals surface area (Å²) < 4.78 is 0. The van der Waals surface area contributed by atoms with Gasteiger partial charge in [-0.2, -0.15) is 0 Å². The molecule has 0 saturated carbocycles. The van der Waals surface area contributed by atoms with E-state index in [-0.39, 0.29) is 0 Å². The molecule has 1 heteroatoms. The Morgan fingerprint density at radius 3 is 1.32 bits per heavy atom. The molecule has 0 aromatic heterocycles. The average molecular weight is 280 g/mol. The van der Waals surface area contributed by atoms with Gasteiger partial charge in [0.25, 0.3) is 0 Å². The molecular formula is C18H33P. The van der Waals surface area contributed by atoms with Crippen LogP contribution >= 0.6 is 9.24 Å². The summed E-state index contributed by atoms with van der Waals surface area (Å²) >= 11 is 0. The Balaban J connectivity index is 2.92. The lowest BCUT2D eigenvalue weighted by molar-refractivity contribution is 0.536. The van der Waals surface area contributed by atoms with Crippen LogP contribution in [-0.4, -0.2) is 0 Å². The van der Waals surface area contributed by atoms with Crippen molar-refractivity contribution in [3.05, 3.63) is 0 Å². The van der Waals surface area contributed by atoms with Gasteiger partial charge < -0.3 is 0 Å². The summed E-state index contributed by atoms with van der Waals surface area (Å²) in [7, 11) is 3.88. The lowest BCUT2D eigenvalue weighted by atomic mass is 10.0. The first kappa shape index (κ1) is 19.0. The standard InChI is InChI=1S/C18H33P/c1-2-3-4-5-6-7-8-9-10-11-12-13-14-15-16-17-18-19/h2-16H2,1H3. The monoisotopic (exact) mass is 280 g/mol. The van der Waals surface area contributed by atoms with Gasteiger partial charge in [-0.25, -0.2) is 0 Å². The Labute approximate surface area is 124 Å². The van der Waals surface area contributed by atoms with Crippen molar-refractivity contribution in [1.29, 1.82) is 0 Å². The number of unbranched alkanes of at least 4 members (excludes halogenated alkanes) is 14. The Morgan fingerprint density at radius 1 is 0.579 bits per heavy atom. The molecule has 19 heavy (non-hydrogen) atoms. The molecule has 0 atom stereocenters. The van der Waals surface area contributed by atoms with Crippen molar-refractivity contribution in [3.63, 3.8) is 0 Å². The summed E-state index contributed by atoms with van der Waals surface area (Å²) in [5.74, 6) is 3.01. The van der Waals surface area contributed by atoms with Gasteiger partial charge in [-0.15, -0.1) is 0 Å². The quantitative estimate of drug-likeness (QED) is 0.179. The predicted molar refractivity (Wildman–Crippen MR) is 89.6 cm³/mol. The third-order valence-corrected chi connectivity index (χ3v) is 3.89. The van der Waals surface area contributed by atoms with Crippen molar-refractivity contribution in [2.75, 3.05) is 0 Å². The fraction of sp³-hybridized carbons (Fsp3) is 0.889. The molecule has 0 aliphatic heterocycles. The number of rotatable bonds is 14. The fourth-order valence-electron chi connectivity index (χ4n) is 2.46. The van der Waals surface area contributed by atoms with Gasteiger partial charge in [0.1, 0.15) is 0 Å². The molecule has 0 N–H and O–H groups in total. The van der Waals surface area contributed by atoms with E-state index in [1.807, 2.05) is 0 Å². The summed E-state index contributed by atoms with van der Waals surface area (Å²) in [5.41, 5.74) is 2.66. The van der Waals surface area contributed by atoms with Crippen molar-refractivity contribution >= 4 is 9.24 Å². The largest absolute Gasteiger partial charge is 0.0979 e. The maximum atomic E-state index is 3.88. The summed E-state index contributed by atoms with van der Waals surface area (Å²) in [6, 6.07) is 0. The third kappa shape index (κ3) is 18.0. The van der Waals surface area contributed by atoms with Crippen LogP contribution in [0.25, 0.3) is 0 Å². The summed E-state index contributed by atoms with van der Waals surface area (Å²) in [6.07, 6.45) is 20.9. The van der Waals surface area contributed by atoms with Crippen LogP contribution in [-0.2, 0) is 0 Å². The van der Waals surface area contributed by atoms with Crippen molar-refractivity contribution < 1.29 is 0 Å². The van der Waals surface area contributed by atoms with Crippen LogP contribution in [0.3, 0.4) is 0 Å². The molecular weight excluding hydrogens is 247 g/mol. The van der Waals surface area contributed by atoms with Gasteiger partial charge in [-0.05, 0) is 6.42 Å². The second kappa shape index (κ2) is 18.0. The molecule has 0 spiro atoms. The van der Waals surface area contributed by atoms with Gasteiger partial charge in [0.2, 0.25) is 0 Å². The van der Waals surface area contributed by atoms with Gasteiger partial charge in [-0.3, -0.25) is 0 Å². The van der Waals surface area contributed by atoms with Crippen molar-refractivity contribution in [2.45, 2.75) is 103 Å². The van der Waals surface area contributed by atoms with Crippen molar-refractivity contribution in [2.24, 2.45) is 0 Å². The molecule has 0 heterocycles. The lowest BCUT2D eigenvalue weighted by Crippen LogP contribution is -1.83. The van der Waals surface area contributed by atoms with E-state index in [0.717, 1.165) is 6.42 Å². The van der Waals surface area contributed by atoms with Gasteiger partial charge in [-0.1, -0.05) is 102 Å². The Hall–Kier alpha value is -0.0100. The molecule has 0 aliphatic rings. The van der Waals surface area contributed by atoms with Crippen LogP contribution < -0.4 is 0 Å². The van der Waals surface area contributed by atoms with E-state index in [4.69, 9.17) is 0 Å². The minimum Gasteiger partial charge on any atom is -0.0979 e. The first-order valence-electron chi connectivity index (χ1n) is 8.53. The van der Waals surface area contributed by atoms with E-state index in [2.05, 4.69) is 27.7 Å². The van der Waals surface area contributed by atoms with Crippen molar-refractivity contribution in [3.8, 4) is 11.6 Å². The molecule has 0 bridgehead atoms. The zero-order valence-electron chi connectivity index (χ0n) is 13.1. The SMILES string of the molecule is CCCCCCCCCCCCCCCCC#C[P]. The summed E-state index contributed by atoms with van der Waals surface area (Å²) in [5, 5.41) is 0. The maximum Gasteiger partial charge on any atom is 0.0586 e. The predicted octanol–water partition coefficient (Wildman–Crippen LogP) is 7.23. The van der Waals surface area contributed by atoms with Gasteiger partial charge in [0.15, 0.2) is 0 Å². The highest BCUT2D eigenvalue weighted by Gasteiger charge is 1.93. The van der Waals surface area contributed by atoms with E-state index in [9.17, 15) is 0 Å². The molecule has 0 aliphatic carbocycles. The maximum absolute atomic E-state index is 3.88. The van der Waals surface area contributed by atoms with Crippen LogP contribution in [0, 0.1) is 11.6 Å². The van der Waals surface area contributed by atoms with Crippen LogP contribution in [0.5, 0.6) is 0 Å². The van der Waals surface area contributed by atoms with Gasteiger partial charge in [0, 0.05) is 6.42 Å². The van der Waals surface area contributed by atoms with E-state index in [1.54, 1.807) is 0 Å².